The van der Waals surface area contributed by atoms with E-state index in [1.807, 2.05) is 59.8 Å². The number of carbonyl (C=O) groups excluding carboxylic acids is 1. The van der Waals surface area contributed by atoms with Crippen LogP contribution in [0, 0.1) is 0 Å². The molecule has 0 saturated carbocycles. The van der Waals surface area contributed by atoms with Gasteiger partial charge in [0.25, 0.3) is 0 Å². The minimum atomic E-state index is 0.168. The lowest BCUT2D eigenvalue weighted by Crippen LogP contribution is -2.24. The van der Waals surface area contributed by atoms with Gasteiger partial charge in [0.2, 0.25) is 0 Å². The van der Waals surface area contributed by atoms with Crippen LogP contribution in [-0.2, 0) is 0 Å². The topological polar surface area (TPSA) is 20.3 Å². The van der Waals surface area contributed by atoms with Crippen molar-refractivity contribution in [2.45, 2.75) is 0 Å². The molecule has 0 aliphatic carbocycles. The Hall–Kier alpha value is -1.61. The Balaban J connectivity index is 2.03. The number of thiophene rings is 1. The lowest BCUT2D eigenvalue weighted by atomic mass is 10.2. The van der Waals surface area contributed by atoms with Gasteiger partial charge in [-0.2, -0.15) is 0 Å². The van der Waals surface area contributed by atoms with E-state index in [1.54, 1.807) is 0 Å². The largest absolute Gasteiger partial charge is 0.367 e. The van der Waals surface area contributed by atoms with E-state index in [0.29, 0.717) is 6.54 Å². The summed E-state index contributed by atoms with van der Waals surface area (Å²) in [4.78, 5) is 14.6. The predicted molar refractivity (Wildman–Crippen MR) is 68.4 cm³/mol. The standard InChI is InChI=1S/C13H13NOS/c1-14(11-6-3-2-4-7-11)10-12(15)13-8-5-9-16-13/h2-9H,10H2,1H3. The van der Waals surface area contributed by atoms with Crippen molar-refractivity contribution < 1.29 is 4.79 Å². The van der Waals surface area contributed by atoms with Gasteiger partial charge >= 0.3 is 0 Å². The maximum atomic E-state index is 11.9. The second-order valence-electron chi connectivity index (χ2n) is 3.59. The van der Waals surface area contributed by atoms with Crippen molar-refractivity contribution in [2.24, 2.45) is 0 Å². The van der Waals surface area contributed by atoms with Crippen molar-refractivity contribution in [3.63, 3.8) is 0 Å². The summed E-state index contributed by atoms with van der Waals surface area (Å²) >= 11 is 1.49. The molecule has 0 aliphatic heterocycles. The van der Waals surface area contributed by atoms with Crippen molar-refractivity contribution in [3.8, 4) is 0 Å². The first-order chi connectivity index (χ1) is 7.77. The molecule has 0 saturated heterocycles. The summed E-state index contributed by atoms with van der Waals surface area (Å²) < 4.78 is 0. The lowest BCUT2D eigenvalue weighted by molar-refractivity contribution is 0.100. The highest BCUT2D eigenvalue weighted by Crippen LogP contribution is 2.14. The highest BCUT2D eigenvalue weighted by molar-refractivity contribution is 7.12. The number of nitrogens with zero attached hydrogens (tertiary/aromatic N) is 1. The van der Waals surface area contributed by atoms with E-state index in [0.717, 1.165) is 10.6 Å². The molecule has 0 radical (unpaired) electrons. The molecule has 16 heavy (non-hydrogen) atoms. The molecule has 3 heteroatoms. The van der Waals surface area contributed by atoms with E-state index >= 15 is 0 Å². The van der Waals surface area contributed by atoms with E-state index in [-0.39, 0.29) is 5.78 Å². The molecule has 0 aliphatic rings. The number of Topliss-reactive ketones (excluding diaryl/α,β-unsaturated/α-hetero) is 1. The van der Waals surface area contributed by atoms with Gasteiger partial charge in [-0.15, -0.1) is 11.3 Å². The molecular formula is C13H13NOS. The van der Waals surface area contributed by atoms with Crippen LogP contribution in [0.15, 0.2) is 47.8 Å². The molecule has 2 rings (SSSR count). The fourth-order valence-electron chi connectivity index (χ4n) is 1.50. The van der Waals surface area contributed by atoms with Crippen LogP contribution in [0.25, 0.3) is 0 Å². The second-order valence-corrected chi connectivity index (χ2v) is 4.54. The zero-order valence-corrected chi connectivity index (χ0v) is 9.91. The Bertz CT molecular complexity index is 450. The van der Waals surface area contributed by atoms with Gasteiger partial charge in [-0.3, -0.25) is 4.79 Å². The zero-order chi connectivity index (χ0) is 11.4. The van der Waals surface area contributed by atoms with Gasteiger partial charge in [-0.1, -0.05) is 24.3 Å². The number of likely N-dealkylation sites (N-methyl/N-ethyl adjacent to an activating group) is 1. The van der Waals surface area contributed by atoms with E-state index in [1.165, 1.54) is 11.3 Å². The zero-order valence-electron chi connectivity index (χ0n) is 9.09. The summed E-state index contributed by atoms with van der Waals surface area (Å²) in [6, 6.07) is 13.7. The minimum absolute atomic E-state index is 0.168. The fraction of sp³-hybridized carbons (Fsp3) is 0.154. The Labute approximate surface area is 99.1 Å². The van der Waals surface area contributed by atoms with Crippen LogP contribution in [0.2, 0.25) is 0 Å². The van der Waals surface area contributed by atoms with Crippen LogP contribution in [0.3, 0.4) is 0 Å². The predicted octanol–water partition coefficient (Wildman–Crippen LogP) is 3.07. The average Bonchev–Trinajstić information content (AvgIpc) is 2.83. The van der Waals surface area contributed by atoms with E-state index in [2.05, 4.69) is 0 Å². The number of rotatable bonds is 4. The van der Waals surface area contributed by atoms with Gasteiger partial charge in [0, 0.05) is 12.7 Å². The second kappa shape index (κ2) is 4.94. The van der Waals surface area contributed by atoms with E-state index in [9.17, 15) is 4.79 Å². The summed E-state index contributed by atoms with van der Waals surface area (Å²) in [6.07, 6.45) is 0. The van der Waals surface area contributed by atoms with Crippen molar-refractivity contribution in [1.29, 1.82) is 0 Å². The first-order valence-electron chi connectivity index (χ1n) is 5.10. The van der Waals surface area contributed by atoms with Crippen molar-refractivity contribution in [1.82, 2.24) is 0 Å². The van der Waals surface area contributed by atoms with E-state index < -0.39 is 0 Å². The van der Waals surface area contributed by atoms with Gasteiger partial charge < -0.3 is 4.90 Å². The summed E-state index contributed by atoms with van der Waals surface area (Å²) in [5, 5.41) is 1.93. The van der Waals surface area contributed by atoms with Crippen molar-refractivity contribution >= 4 is 22.8 Å². The van der Waals surface area contributed by atoms with Gasteiger partial charge in [0.15, 0.2) is 5.78 Å². The molecule has 0 unspecified atom stereocenters. The molecular weight excluding hydrogens is 218 g/mol. The molecule has 1 heterocycles. The van der Waals surface area contributed by atoms with Crippen LogP contribution in [-0.4, -0.2) is 19.4 Å². The maximum Gasteiger partial charge on any atom is 0.191 e. The average molecular weight is 231 g/mol. The Kier molecular flexibility index (Phi) is 3.37. The van der Waals surface area contributed by atoms with Gasteiger partial charge in [0.05, 0.1) is 11.4 Å². The molecule has 0 bridgehead atoms. The summed E-state index contributed by atoms with van der Waals surface area (Å²) in [7, 11) is 1.93. The minimum Gasteiger partial charge on any atom is -0.367 e. The smallest absolute Gasteiger partial charge is 0.191 e. The van der Waals surface area contributed by atoms with Crippen molar-refractivity contribution in [2.75, 3.05) is 18.5 Å². The van der Waals surface area contributed by atoms with Crippen LogP contribution in [0.4, 0.5) is 5.69 Å². The van der Waals surface area contributed by atoms with Gasteiger partial charge in [0.1, 0.15) is 0 Å². The summed E-state index contributed by atoms with van der Waals surface area (Å²) in [5.74, 6) is 0.168. The van der Waals surface area contributed by atoms with Crippen LogP contribution >= 0.6 is 11.3 Å². The highest BCUT2D eigenvalue weighted by atomic mass is 32.1. The molecule has 82 valence electrons. The number of hydrogen-bond donors (Lipinski definition) is 0. The lowest BCUT2D eigenvalue weighted by Gasteiger charge is -2.17. The SMILES string of the molecule is CN(CC(=O)c1cccs1)c1ccccc1. The number of anilines is 1. The molecule has 1 aromatic carbocycles. The Morgan fingerprint density at radius 1 is 1.19 bits per heavy atom. The molecule has 0 spiro atoms. The number of benzene rings is 1. The molecule has 1 aromatic heterocycles. The molecule has 2 nitrogen and oxygen atoms in total. The number of carbonyl (C=O) groups is 1. The molecule has 0 atom stereocenters. The summed E-state index contributed by atoms with van der Waals surface area (Å²) in [6.45, 7) is 0.421. The number of ketones is 1. The highest BCUT2D eigenvalue weighted by Gasteiger charge is 2.10. The molecule has 0 N–H and O–H groups in total. The van der Waals surface area contributed by atoms with Gasteiger partial charge in [-0.05, 0) is 23.6 Å². The Morgan fingerprint density at radius 3 is 2.56 bits per heavy atom. The normalized spacial score (nSPS) is 10.1. The number of para-hydroxylation sites is 1. The van der Waals surface area contributed by atoms with Crippen LogP contribution < -0.4 is 4.90 Å². The first-order valence-corrected chi connectivity index (χ1v) is 5.98. The van der Waals surface area contributed by atoms with Gasteiger partial charge in [-0.25, -0.2) is 0 Å². The summed E-state index contributed by atoms with van der Waals surface area (Å²) in [5.41, 5.74) is 1.06. The number of hydrogen-bond acceptors (Lipinski definition) is 3. The third-order valence-electron chi connectivity index (χ3n) is 2.37. The first kappa shape index (κ1) is 10.9. The molecule has 2 aromatic rings. The van der Waals surface area contributed by atoms with Crippen LogP contribution in [0.1, 0.15) is 9.67 Å². The molecule has 0 fully saturated rings. The Morgan fingerprint density at radius 2 is 1.94 bits per heavy atom. The quantitative estimate of drug-likeness (QED) is 0.754. The van der Waals surface area contributed by atoms with Crippen LogP contribution in [0.5, 0.6) is 0 Å². The third kappa shape index (κ3) is 2.49. The van der Waals surface area contributed by atoms with E-state index in [4.69, 9.17) is 0 Å². The maximum absolute atomic E-state index is 11.9. The molecule has 0 amide bonds. The van der Waals surface area contributed by atoms with Crippen molar-refractivity contribution in [3.05, 3.63) is 52.7 Å². The third-order valence-corrected chi connectivity index (χ3v) is 3.28. The monoisotopic (exact) mass is 231 g/mol. The fourth-order valence-corrected chi connectivity index (χ4v) is 2.16.